The molecule has 1 saturated heterocycles. The summed E-state index contributed by atoms with van der Waals surface area (Å²) < 4.78 is 4.43. The Kier molecular flexibility index (Phi) is 10.7. The number of likely N-dealkylation sites (tertiary alicyclic amines) is 1. The van der Waals surface area contributed by atoms with Crippen LogP contribution in [0.2, 0.25) is 0 Å². The Balaban J connectivity index is 1.53. The number of nitrogens with one attached hydrogen (secondary N) is 2. The van der Waals surface area contributed by atoms with Crippen LogP contribution in [-0.4, -0.2) is 70.4 Å². The third-order valence-corrected chi connectivity index (χ3v) is 8.92. The maximum absolute atomic E-state index is 13.4. The molecule has 3 aromatic rings. The van der Waals surface area contributed by atoms with Gasteiger partial charge in [-0.15, -0.1) is 11.8 Å². The topological polar surface area (TPSA) is 125 Å². The van der Waals surface area contributed by atoms with Gasteiger partial charge in [-0.05, 0) is 50.3 Å². The molecule has 2 atom stereocenters. The first-order chi connectivity index (χ1) is 21.0. The Labute approximate surface area is 262 Å². The van der Waals surface area contributed by atoms with Crippen molar-refractivity contribution >= 4 is 35.6 Å². The summed E-state index contributed by atoms with van der Waals surface area (Å²) in [6.07, 6.45) is 0.251. The third-order valence-electron chi connectivity index (χ3n) is 7.28. The predicted molar refractivity (Wildman–Crippen MR) is 170 cm³/mol. The van der Waals surface area contributed by atoms with Crippen molar-refractivity contribution in [3.8, 4) is 0 Å². The van der Waals surface area contributed by atoms with E-state index in [0.29, 0.717) is 19.4 Å². The van der Waals surface area contributed by atoms with Crippen LogP contribution in [0.1, 0.15) is 50.3 Å². The number of carbonyl (C=O) groups is 4. The van der Waals surface area contributed by atoms with E-state index in [1.165, 1.54) is 16.7 Å². The summed E-state index contributed by atoms with van der Waals surface area (Å²) in [4.78, 5) is 52.3. The lowest BCUT2D eigenvalue weighted by Gasteiger charge is -2.36. The Morgan fingerprint density at radius 1 is 0.886 bits per heavy atom. The maximum atomic E-state index is 13.4. The van der Waals surface area contributed by atoms with Gasteiger partial charge in [0.25, 0.3) is 0 Å². The average molecular weight is 618 g/mol. The number of thioether (sulfide) groups is 1. The highest BCUT2D eigenvalue weighted by Crippen LogP contribution is 2.48. The summed E-state index contributed by atoms with van der Waals surface area (Å²) in [6.45, 7) is 5.16. The van der Waals surface area contributed by atoms with Gasteiger partial charge in [0, 0.05) is 12.3 Å². The van der Waals surface area contributed by atoms with E-state index in [1.54, 1.807) is 20.8 Å². The molecule has 3 amide bonds. The number of carboxylic acids is 1. The zero-order valence-electron chi connectivity index (χ0n) is 25.2. The average Bonchev–Trinajstić information content (AvgIpc) is 3.51. The first-order valence-corrected chi connectivity index (χ1v) is 15.6. The molecule has 44 heavy (non-hydrogen) atoms. The van der Waals surface area contributed by atoms with E-state index in [2.05, 4.69) is 10.6 Å². The fourth-order valence-corrected chi connectivity index (χ4v) is 6.87. The normalized spacial score (nSPS) is 15.7. The van der Waals surface area contributed by atoms with Crippen molar-refractivity contribution in [1.29, 1.82) is 0 Å². The van der Waals surface area contributed by atoms with E-state index >= 15 is 0 Å². The maximum Gasteiger partial charge on any atom is 0.408 e. The van der Waals surface area contributed by atoms with Gasteiger partial charge in [-0.1, -0.05) is 91.0 Å². The largest absolute Gasteiger partial charge is 0.480 e. The monoisotopic (exact) mass is 617 g/mol. The molecule has 9 nitrogen and oxygen atoms in total. The molecule has 0 saturated carbocycles. The minimum atomic E-state index is -1.22. The van der Waals surface area contributed by atoms with E-state index in [-0.39, 0.29) is 12.3 Å². The minimum absolute atomic E-state index is 0.0562. The number of amides is 3. The van der Waals surface area contributed by atoms with Gasteiger partial charge < -0.3 is 25.4 Å². The van der Waals surface area contributed by atoms with E-state index < -0.39 is 46.3 Å². The van der Waals surface area contributed by atoms with Gasteiger partial charge in [-0.2, -0.15) is 0 Å². The van der Waals surface area contributed by atoms with E-state index in [4.69, 9.17) is 4.74 Å². The Bertz CT molecular complexity index is 1330. The van der Waals surface area contributed by atoms with Crippen LogP contribution in [0.15, 0.2) is 91.0 Å². The van der Waals surface area contributed by atoms with Crippen LogP contribution >= 0.6 is 11.8 Å². The molecule has 0 radical (unpaired) electrons. The highest BCUT2D eigenvalue weighted by molar-refractivity contribution is 8.00. The summed E-state index contributed by atoms with van der Waals surface area (Å²) in [5.41, 5.74) is 2.21. The molecule has 0 aromatic heterocycles. The molecule has 3 N–H and O–H groups in total. The molecular weight excluding hydrogens is 578 g/mol. The Morgan fingerprint density at radius 2 is 1.39 bits per heavy atom. The Morgan fingerprint density at radius 3 is 1.84 bits per heavy atom. The number of carbonyl (C=O) groups excluding carboxylic acids is 3. The quantitative estimate of drug-likeness (QED) is 0.264. The number of hydrogen-bond donors (Lipinski definition) is 3. The van der Waals surface area contributed by atoms with Crippen molar-refractivity contribution in [3.63, 3.8) is 0 Å². The second-order valence-corrected chi connectivity index (χ2v) is 12.8. The standard InChI is InChI=1S/C34H39N3O6S/c1-33(2,3)43-32(42)35-22-29(38)37-21-13-20-28(37)30(39)36-27(31(40)41)23-44-34(24-14-7-4-8-15-24,25-16-9-5-10-17-25)26-18-11-6-12-19-26/h4-12,14-19,27-28H,13,20-23H2,1-3H3,(H,35,42)(H,36,39)(H,40,41)/t27?,28-/m0/s1. The first-order valence-electron chi connectivity index (χ1n) is 14.6. The number of benzene rings is 3. The van der Waals surface area contributed by atoms with Crippen molar-refractivity contribution in [2.75, 3.05) is 18.8 Å². The minimum Gasteiger partial charge on any atom is -0.480 e. The number of hydrogen-bond acceptors (Lipinski definition) is 6. The molecular formula is C34H39N3O6S. The second-order valence-electron chi connectivity index (χ2n) is 11.6. The van der Waals surface area contributed by atoms with Crippen LogP contribution in [-0.2, 0) is 23.9 Å². The lowest BCUT2D eigenvalue weighted by molar-refractivity contribution is -0.143. The van der Waals surface area contributed by atoms with Gasteiger partial charge in [-0.25, -0.2) is 9.59 Å². The van der Waals surface area contributed by atoms with Crippen molar-refractivity contribution in [3.05, 3.63) is 108 Å². The van der Waals surface area contributed by atoms with Crippen LogP contribution in [0.3, 0.4) is 0 Å². The smallest absolute Gasteiger partial charge is 0.408 e. The number of aliphatic carboxylic acids is 1. The van der Waals surface area contributed by atoms with Crippen LogP contribution in [0.25, 0.3) is 0 Å². The molecule has 1 unspecified atom stereocenters. The van der Waals surface area contributed by atoms with Gasteiger partial charge >= 0.3 is 12.1 Å². The summed E-state index contributed by atoms with van der Waals surface area (Å²) in [5, 5.41) is 15.4. The summed E-state index contributed by atoms with van der Waals surface area (Å²) >= 11 is 1.43. The third kappa shape index (κ3) is 7.99. The van der Waals surface area contributed by atoms with Gasteiger partial charge in [-0.3, -0.25) is 9.59 Å². The highest BCUT2D eigenvalue weighted by Gasteiger charge is 2.40. The van der Waals surface area contributed by atoms with Crippen molar-refractivity contribution < 1.29 is 29.0 Å². The second kappa shape index (κ2) is 14.4. The first kappa shape index (κ1) is 32.6. The fourth-order valence-electron chi connectivity index (χ4n) is 5.32. The fraction of sp³-hybridized carbons (Fsp3) is 0.353. The van der Waals surface area contributed by atoms with Gasteiger partial charge in [0.2, 0.25) is 11.8 Å². The summed E-state index contributed by atoms with van der Waals surface area (Å²) in [7, 11) is 0. The Hall–Kier alpha value is -4.31. The molecule has 1 aliphatic rings. The molecule has 10 heteroatoms. The SMILES string of the molecule is CC(C)(C)OC(=O)NCC(=O)N1CCC[C@H]1C(=O)NC(CSC(c1ccccc1)(c1ccccc1)c1ccccc1)C(=O)O. The number of rotatable bonds is 11. The van der Waals surface area contributed by atoms with Gasteiger partial charge in [0.05, 0.1) is 4.75 Å². The molecule has 1 fully saturated rings. The molecule has 1 heterocycles. The van der Waals surface area contributed by atoms with Crippen molar-refractivity contribution in [2.24, 2.45) is 0 Å². The molecule has 1 aliphatic heterocycles. The number of carboxylic acid groups (broad SMARTS) is 1. The van der Waals surface area contributed by atoms with E-state index in [0.717, 1.165) is 16.7 Å². The molecule has 0 bridgehead atoms. The lowest BCUT2D eigenvalue weighted by atomic mass is 9.84. The molecule has 0 spiro atoms. The summed E-state index contributed by atoms with van der Waals surface area (Å²) in [6, 6.07) is 27.6. The molecule has 4 rings (SSSR count). The van der Waals surface area contributed by atoms with E-state index in [9.17, 15) is 24.3 Å². The van der Waals surface area contributed by atoms with Crippen molar-refractivity contribution in [2.45, 2.75) is 56.0 Å². The van der Waals surface area contributed by atoms with Crippen LogP contribution in [0, 0.1) is 0 Å². The molecule has 0 aliphatic carbocycles. The van der Waals surface area contributed by atoms with Gasteiger partial charge in [0.1, 0.15) is 24.2 Å². The number of nitrogens with zero attached hydrogens (tertiary/aromatic N) is 1. The molecule has 232 valence electrons. The lowest BCUT2D eigenvalue weighted by Crippen LogP contribution is -2.53. The number of ether oxygens (including phenoxy) is 1. The van der Waals surface area contributed by atoms with E-state index in [1.807, 2.05) is 91.0 Å². The summed E-state index contributed by atoms with van der Waals surface area (Å²) in [5.74, 6) is -2.09. The predicted octanol–water partition coefficient (Wildman–Crippen LogP) is 4.80. The zero-order valence-corrected chi connectivity index (χ0v) is 26.0. The highest BCUT2D eigenvalue weighted by atomic mass is 32.2. The van der Waals surface area contributed by atoms with Crippen LogP contribution in [0.4, 0.5) is 4.79 Å². The van der Waals surface area contributed by atoms with Crippen molar-refractivity contribution in [1.82, 2.24) is 15.5 Å². The molecule has 3 aromatic carbocycles. The van der Waals surface area contributed by atoms with Crippen LogP contribution < -0.4 is 10.6 Å². The number of alkyl carbamates (subject to hydrolysis) is 1. The zero-order chi connectivity index (χ0) is 31.7. The van der Waals surface area contributed by atoms with Crippen LogP contribution in [0.5, 0.6) is 0 Å². The van der Waals surface area contributed by atoms with Gasteiger partial charge in [0.15, 0.2) is 0 Å².